The number of fused-ring (bicyclic) bond motifs is 1. The SMILES string of the molecule is O=C(Cc1ccc2c(c1)OCO2)N1CCCC1CO. The standard InChI is InChI=1S/C14H17NO4/c16-8-11-2-1-5-15(11)14(17)7-10-3-4-12-13(6-10)19-9-18-12/h3-4,6,11,16H,1-2,5,7-9H2. The molecule has 2 aliphatic rings. The molecule has 1 amide bonds. The summed E-state index contributed by atoms with van der Waals surface area (Å²) in [6.45, 7) is 1.03. The molecule has 2 aliphatic heterocycles. The molecule has 0 bridgehead atoms. The van der Waals surface area contributed by atoms with Gasteiger partial charge in [0, 0.05) is 6.54 Å². The zero-order chi connectivity index (χ0) is 13.2. The number of likely N-dealkylation sites (tertiary alicyclic amines) is 1. The Balaban J connectivity index is 1.69. The molecule has 1 atom stereocenters. The number of hydrogen-bond donors (Lipinski definition) is 1. The lowest BCUT2D eigenvalue weighted by Crippen LogP contribution is -2.38. The van der Waals surface area contributed by atoms with Crippen LogP contribution in [0, 0.1) is 0 Å². The first-order valence-electron chi connectivity index (χ1n) is 6.57. The van der Waals surface area contributed by atoms with Gasteiger partial charge >= 0.3 is 0 Å². The van der Waals surface area contributed by atoms with Gasteiger partial charge in [-0.15, -0.1) is 0 Å². The van der Waals surface area contributed by atoms with E-state index in [0.717, 1.165) is 30.7 Å². The fourth-order valence-electron chi connectivity index (χ4n) is 2.68. The highest BCUT2D eigenvalue weighted by atomic mass is 16.7. The maximum atomic E-state index is 12.2. The summed E-state index contributed by atoms with van der Waals surface area (Å²) in [5, 5.41) is 9.25. The van der Waals surface area contributed by atoms with E-state index in [1.54, 1.807) is 4.90 Å². The number of nitrogens with zero attached hydrogens (tertiary/aromatic N) is 1. The lowest BCUT2D eigenvalue weighted by atomic mass is 10.1. The topological polar surface area (TPSA) is 59.0 Å². The van der Waals surface area contributed by atoms with Gasteiger partial charge in [0.05, 0.1) is 19.1 Å². The first-order chi connectivity index (χ1) is 9.28. The molecule has 0 spiro atoms. The highest BCUT2D eigenvalue weighted by molar-refractivity contribution is 5.79. The Kier molecular flexibility index (Phi) is 3.29. The Hall–Kier alpha value is -1.75. The van der Waals surface area contributed by atoms with Crippen LogP contribution in [-0.2, 0) is 11.2 Å². The van der Waals surface area contributed by atoms with Crippen molar-refractivity contribution in [1.82, 2.24) is 4.90 Å². The average Bonchev–Trinajstić information content (AvgIpc) is 3.06. The van der Waals surface area contributed by atoms with Crippen LogP contribution in [0.1, 0.15) is 18.4 Å². The van der Waals surface area contributed by atoms with Crippen molar-refractivity contribution in [3.8, 4) is 11.5 Å². The van der Waals surface area contributed by atoms with E-state index in [4.69, 9.17) is 9.47 Å². The minimum Gasteiger partial charge on any atom is -0.454 e. The minimum absolute atomic E-state index is 0.0125. The monoisotopic (exact) mass is 263 g/mol. The Bertz CT molecular complexity index is 488. The molecule has 1 N–H and O–H groups in total. The molecule has 5 nitrogen and oxygen atoms in total. The highest BCUT2D eigenvalue weighted by Gasteiger charge is 2.28. The molecule has 19 heavy (non-hydrogen) atoms. The number of benzene rings is 1. The number of rotatable bonds is 3. The van der Waals surface area contributed by atoms with Gasteiger partial charge < -0.3 is 19.5 Å². The van der Waals surface area contributed by atoms with Gasteiger partial charge in [0.25, 0.3) is 0 Å². The Morgan fingerprint density at radius 3 is 3.05 bits per heavy atom. The van der Waals surface area contributed by atoms with Crippen molar-refractivity contribution in [1.29, 1.82) is 0 Å². The van der Waals surface area contributed by atoms with Crippen molar-refractivity contribution in [2.45, 2.75) is 25.3 Å². The number of hydrogen-bond acceptors (Lipinski definition) is 4. The van der Waals surface area contributed by atoms with E-state index in [0.29, 0.717) is 12.2 Å². The molecular weight excluding hydrogens is 246 g/mol. The molecule has 1 saturated heterocycles. The van der Waals surface area contributed by atoms with Crippen LogP contribution in [0.2, 0.25) is 0 Å². The zero-order valence-electron chi connectivity index (χ0n) is 10.7. The van der Waals surface area contributed by atoms with E-state index in [-0.39, 0.29) is 25.3 Å². The predicted octanol–water partition coefficient (Wildman–Crippen LogP) is 0.941. The molecule has 2 heterocycles. The van der Waals surface area contributed by atoms with Crippen molar-refractivity contribution < 1.29 is 19.4 Å². The first kappa shape index (κ1) is 12.3. The molecule has 0 saturated carbocycles. The normalized spacial score (nSPS) is 20.9. The summed E-state index contributed by atoms with van der Waals surface area (Å²) in [5.41, 5.74) is 0.915. The van der Waals surface area contributed by atoms with Crippen LogP contribution in [0.4, 0.5) is 0 Å². The molecule has 0 aromatic heterocycles. The van der Waals surface area contributed by atoms with Gasteiger partial charge in [-0.3, -0.25) is 4.79 Å². The largest absolute Gasteiger partial charge is 0.454 e. The number of amides is 1. The molecular formula is C14H17NO4. The summed E-state index contributed by atoms with van der Waals surface area (Å²) in [6, 6.07) is 5.56. The quantitative estimate of drug-likeness (QED) is 0.881. The molecule has 3 rings (SSSR count). The zero-order valence-corrected chi connectivity index (χ0v) is 10.7. The Morgan fingerprint density at radius 2 is 2.21 bits per heavy atom. The fourth-order valence-corrected chi connectivity index (χ4v) is 2.68. The third-order valence-electron chi connectivity index (χ3n) is 3.70. The second-order valence-electron chi connectivity index (χ2n) is 4.93. The van der Waals surface area contributed by atoms with Crippen LogP contribution in [-0.4, -0.2) is 41.9 Å². The summed E-state index contributed by atoms with van der Waals surface area (Å²) in [7, 11) is 0. The van der Waals surface area contributed by atoms with Gasteiger partial charge in [0.2, 0.25) is 12.7 Å². The molecule has 1 aromatic carbocycles. The Morgan fingerprint density at radius 1 is 1.37 bits per heavy atom. The van der Waals surface area contributed by atoms with E-state index in [1.807, 2.05) is 18.2 Å². The van der Waals surface area contributed by atoms with Crippen molar-refractivity contribution in [3.63, 3.8) is 0 Å². The summed E-state index contributed by atoms with van der Waals surface area (Å²) in [5.74, 6) is 1.49. The van der Waals surface area contributed by atoms with Crippen LogP contribution in [0.15, 0.2) is 18.2 Å². The number of ether oxygens (including phenoxy) is 2. The average molecular weight is 263 g/mol. The third kappa shape index (κ3) is 2.38. The van der Waals surface area contributed by atoms with Crippen molar-refractivity contribution in [2.24, 2.45) is 0 Å². The number of carbonyl (C=O) groups excluding carboxylic acids is 1. The maximum Gasteiger partial charge on any atom is 0.231 e. The molecule has 102 valence electrons. The molecule has 1 unspecified atom stereocenters. The lowest BCUT2D eigenvalue weighted by molar-refractivity contribution is -0.131. The second-order valence-corrected chi connectivity index (χ2v) is 4.93. The van der Waals surface area contributed by atoms with Crippen LogP contribution in [0.5, 0.6) is 11.5 Å². The molecule has 0 radical (unpaired) electrons. The molecule has 0 aliphatic carbocycles. The summed E-state index contributed by atoms with van der Waals surface area (Å²) < 4.78 is 10.5. The highest BCUT2D eigenvalue weighted by Crippen LogP contribution is 2.32. The van der Waals surface area contributed by atoms with Gasteiger partial charge in [0.1, 0.15) is 0 Å². The van der Waals surface area contributed by atoms with E-state index >= 15 is 0 Å². The number of aliphatic hydroxyl groups is 1. The van der Waals surface area contributed by atoms with Crippen molar-refractivity contribution in [2.75, 3.05) is 19.9 Å². The van der Waals surface area contributed by atoms with Gasteiger partial charge in [-0.2, -0.15) is 0 Å². The molecule has 5 heteroatoms. The second kappa shape index (κ2) is 5.09. The smallest absolute Gasteiger partial charge is 0.231 e. The Labute approximate surface area is 111 Å². The molecule has 1 fully saturated rings. The van der Waals surface area contributed by atoms with Gasteiger partial charge in [-0.25, -0.2) is 0 Å². The summed E-state index contributed by atoms with van der Waals surface area (Å²) in [4.78, 5) is 14.0. The minimum atomic E-state index is -0.0125. The third-order valence-corrected chi connectivity index (χ3v) is 3.70. The first-order valence-corrected chi connectivity index (χ1v) is 6.57. The van der Waals surface area contributed by atoms with Gasteiger partial charge in [-0.1, -0.05) is 6.07 Å². The summed E-state index contributed by atoms with van der Waals surface area (Å²) >= 11 is 0. The van der Waals surface area contributed by atoms with Crippen LogP contribution in [0.25, 0.3) is 0 Å². The van der Waals surface area contributed by atoms with E-state index < -0.39 is 0 Å². The van der Waals surface area contributed by atoms with Crippen LogP contribution >= 0.6 is 0 Å². The van der Waals surface area contributed by atoms with Crippen LogP contribution in [0.3, 0.4) is 0 Å². The summed E-state index contributed by atoms with van der Waals surface area (Å²) in [6.07, 6.45) is 2.20. The van der Waals surface area contributed by atoms with Gasteiger partial charge in [-0.05, 0) is 30.5 Å². The van der Waals surface area contributed by atoms with E-state index in [1.165, 1.54) is 0 Å². The van der Waals surface area contributed by atoms with E-state index in [2.05, 4.69) is 0 Å². The number of carbonyl (C=O) groups is 1. The number of aliphatic hydroxyl groups excluding tert-OH is 1. The van der Waals surface area contributed by atoms with Crippen molar-refractivity contribution in [3.05, 3.63) is 23.8 Å². The van der Waals surface area contributed by atoms with Gasteiger partial charge in [0.15, 0.2) is 11.5 Å². The van der Waals surface area contributed by atoms with E-state index in [9.17, 15) is 9.90 Å². The van der Waals surface area contributed by atoms with Crippen molar-refractivity contribution >= 4 is 5.91 Å². The lowest BCUT2D eigenvalue weighted by Gasteiger charge is -2.23. The maximum absolute atomic E-state index is 12.2. The predicted molar refractivity (Wildman–Crippen MR) is 68.1 cm³/mol. The van der Waals surface area contributed by atoms with Crippen LogP contribution < -0.4 is 9.47 Å². The fraction of sp³-hybridized carbons (Fsp3) is 0.500. The molecule has 1 aromatic rings.